The van der Waals surface area contributed by atoms with Crippen molar-refractivity contribution in [2.24, 2.45) is 0 Å². The molecule has 33 heavy (non-hydrogen) atoms. The summed E-state index contributed by atoms with van der Waals surface area (Å²) in [6.07, 6.45) is 4.80. The third-order valence-corrected chi connectivity index (χ3v) is 8.89. The molecule has 2 aliphatic rings. The maximum Gasteiger partial charge on any atom is 0.415 e. The molecule has 1 amide bonds. The van der Waals surface area contributed by atoms with E-state index in [0.717, 1.165) is 35.0 Å². The van der Waals surface area contributed by atoms with Gasteiger partial charge in [0.05, 0.1) is 0 Å². The number of aryl methyl sites for hydroxylation is 2. The lowest BCUT2D eigenvalue weighted by molar-refractivity contribution is 0.125. The number of carbonyl (C=O) groups is 1. The molecule has 2 aliphatic heterocycles. The van der Waals surface area contributed by atoms with E-state index in [2.05, 4.69) is 16.0 Å². The molecule has 2 fully saturated rings. The van der Waals surface area contributed by atoms with Crippen LogP contribution in [0.25, 0.3) is 11.0 Å². The lowest BCUT2D eigenvalue weighted by atomic mass is 9.90. The van der Waals surface area contributed by atoms with Crippen molar-refractivity contribution in [1.29, 1.82) is 0 Å². The van der Waals surface area contributed by atoms with Crippen LogP contribution in [0, 0.1) is 13.8 Å². The van der Waals surface area contributed by atoms with Crippen molar-refractivity contribution >= 4 is 27.1 Å². The molecule has 2 aromatic heterocycles. The number of carbonyl (C=O) groups excluding carboxylic acids is 1. The van der Waals surface area contributed by atoms with Gasteiger partial charge in [-0.05, 0) is 73.6 Å². The number of benzene rings is 1. The van der Waals surface area contributed by atoms with E-state index in [0.29, 0.717) is 24.8 Å². The number of aromatic amines is 1. The fourth-order valence-corrected chi connectivity index (χ4v) is 6.76. The summed E-state index contributed by atoms with van der Waals surface area (Å²) in [6, 6.07) is 9.58. The first-order chi connectivity index (χ1) is 15.8. The van der Waals surface area contributed by atoms with E-state index >= 15 is 0 Å². The van der Waals surface area contributed by atoms with Gasteiger partial charge in [-0.25, -0.2) is 22.5 Å². The molecule has 1 N–H and O–H groups in total. The minimum Gasteiger partial charge on any atom is -0.410 e. The van der Waals surface area contributed by atoms with Crippen LogP contribution >= 0.6 is 0 Å². The fraction of sp³-hybridized carbons (Fsp3) is 0.417. The smallest absolute Gasteiger partial charge is 0.410 e. The van der Waals surface area contributed by atoms with Crippen LogP contribution in [0.2, 0.25) is 0 Å². The highest BCUT2D eigenvalue weighted by Gasteiger charge is 2.44. The zero-order valence-corrected chi connectivity index (χ0v) is 19.6. The van der Waals surface area contributed by atoms with Crippen molar-refractivity contribution in [3.63, 3.8) is 0 Å². The lowest BCUT2D eigenvalue weighted by Crippen LogP contribution is -2.61. The number of likely N-dealkylation sites (tertiary alicyclic amines) is 1. The van der Waals surface area contributed by atoms with E-state index in [1.165, 1.54) is 10.5 Å². The van der Waals surface area contributed by atoms with Crippen molar-refractivity contribution < 1.29 is 17.9 Å². The maximum atomic E-state index is 13.1. The fourth-order valence-electron chi connectivity index (χ4n) is 4.88. The van der Waals surface area contributed by atoms with Crippen LogP contribution < -0.4 is 4.74 Å². The predicted molar refractivity (Wildman–Crippen MR) is 126 cm³/mol. The van der Waals surface area contributed by atoms with Gasteiger partial charge in [-0.15, -0.1) is 0 Å². The Balaban J connectivity index is 1.16. The van der Waals surface area contributed by atoms with Crippen LogP contribution in [-0.4, -0.2) is 65.1 Å². The second-order valence-electron chi connectivity index (χ2n) is 9.08. The molecular weight excluding hydrogens is 440 g/mol. The van der Waals surface area contributed by atoms with Gasteiger partial charge in [0.1, 0.15) is 16.6 Å². The SMILES string of the molecule is Cc1cc(C)cc(OC(=O)N2CC(S(=O)(=O)N3CCC(c4c[nH]c5ncccc45)CC3)C2)c1. The molecule has 4 heterocycles. The molecule has 0 aliphatic carbocycles. The summed E-state index contributed by atoms with van der Waals surface area (Å²) in [6.45, 7) is 5.19. The van der Waals surface area contributed by atoms with Crippen molar-refractivity contribution in [1.82, 2.24) is 19.2 Å². The van der Waals surface area contributed by atoms with Crippen molar-refractivity contribution in [2.75, 3.05) is 26.2 Å². The number of aromatic nitrogens is 2. The number of amides is 1. The molecule has 8 nitrogen and oxygen atoms in total. The van der Waals surface area contributed by atoms with E-state index in [9.17, 15) is 13.2 Å². The van der Waals surface area contributed by atoms with Crippen LogP contribution in [-0.2, 0) is 10.0 Å². The molecule has 9 heteroatoms. The molecule has 0 saturated carbocycles. The van der Waals surface area contributed by atoms with Crippen molar-refractivity contribution in [2.45, 2.75) is 37.9 Å². The molecule has 0 atom stereocenters. The minimum absolute atomic E-state index is 0.167. The van der Waals surface area contributed by atoms with E-state index in [1.807, 2.05) is 32.2 Å². The standard InChI is InChI=1S/C24H28N4O4S/c1-16-10-17(2)12-19(11-16)32-24(29)27-14-20(15-27)33(30,31)28-8-5-18(6-9-28)22-13-26-23-21(22)4-3-7-25-23/h3-4,7,10-13,18,20H,5-6,8-9,14-15H2,1-2H3,(H,25,26). The zero-order valence-electron chi connectivity index (χ0n) is 18.8. The normalized spacial score (nSPS) is 18.4. The van der Waals surface area contributed by atoms with Crippen LogP contribution in [0.3, 0.4) is 0 Å². The number of pyridine rings is 1. The average Bonchev–Trinajstić information content (AvgIpc) is 3.16. The third-order valence-electron chi connectivity index (χ3n) is 6.66. The Hall–Kier alpha value is -2.91. The van der Waals surface area contributed by atoms with Gasteiger partial charge in [-0.3, -0.25) is 0 Å². The van der Waals surface area contributed by atoms with Crippen LogP contribution in [0.4, 0.5) is 4.79 Å². The van der Waals surface area contributed by atoms with Gasteiger partial charge in [0.25, 0.3) is 0 Å². The zero-order chi connectivity index (χ0) is 23.2. The summed E-state index contributed by atoms with van der Waals surface area (Å²) in [5.74, 6) is 0.790. The first-order valence-electron chi connectivity index (χ1n) is 11.3. The van der Waals surface area contributed by atoms with Crippen molar-refractivity contribution in [3.05, 3.63) is 59.4 Å². The summed E-state index contributed by atoms with van der Waals surface area (Å²) < 4.78 is 33.3. The average molecular weight is 469 g/mol. The molecular formula is C24H28N4O4S. The maximum absolute atomic E-state index is 13.1. The summed E-state index contributed by atoms with van der Waals surface area (Å²) in [4.78, 5) is 21.4. The predicted octanol–water partition coefficient (Wildman–Crippen LogP) is 3.57. The first kappa shape index (κ1) is 21.9. The summed E-state index contributed by atoms with van der Waals surface area (Å²) >= 11 is 0. The largest absolute Gasteiger partial charge is 0.415 e. The highest BCUT2D eigenvalue weighted by molar-refractivity contribution is 7.89. The minimum atomic E-state index is -3.45. The second-order valence-corrected chi connectivity index (χ2v) is 11.3. The monoisotopic (exact) mass is 468 g/mol. The molecule has 0 unspecified atom stereocenters. The molecule has 3 aromatic rings. The molecule has 5 rings (SSSR count). The Bertz CT molecular complexity index is 1270. The van der Waals surface area contributed by atoms with Gasteiger partial charge < -0.3 is 14.6 Å². The molecule has 174 valence electrons. The van der Waals surface area contributed by atoms with Gasteiger partial charge in [-0.1, -0.05) is 6.07 Å². The number of fused-ring (bicyclic) bond motifs is 1. The second kappa shape index (κ2) is 8.46. The number of ether oxygens (including phenoxy) is 1. The third kappa shape index (κ3) is 4.22. The quantitative estimate of drug-likeness (QED) is 0.632. The van der Waals surface area contributed by atoms with Crippen molar-refractivity contribution in [3.8, 4) is 5.75 Å². The first-order valence-corrected chi connectivity index (χ1v) is 12.8. The van der Waals surface area contributed by atoms with Gasteiger partial charge in [0.2, 0.25) is 10.0 Å². The summed E-state index contributed by atoms with van der Waals surface area (Å²) in [5.41, 5.74) is 4.09. The summed E-state index contributed by atoms with van der Waals surface area (Å²) in [5, 5.41) is 0.536. The summed E-state index contributed by atoms with van der Waals surface area (Å²) in [7, 11) is -3.45. The highest BCUT2D eigenvalue weighted by Crippen LogP contribution is 2.34. The highest BCUT2D eigenvalue weighted by atomic mass is 32.2. The van der Waals surface area contributed by atoms with Gasteiger partial charge in [0, 0.05) is 44.0 Å². The molecule has 0 radical (unpaired) electrons. The number of hydrogen-bond donors (Lipinski definition) is 1. The number of piperidine rings is 1. The van der Waals surface area contributed by atoms with Gasteiger partial charge in [-0.2, -0.15) is 0 Å². The Morgan fingerprint density at radius 1 is 1.12 bits per heavy atom. The number of sulfonamides is 1. The molecule has 1 aromatic carbocycles. The number of nitrogens with zero attached hydrogens (tertiary/aromatic N) is 3. The Labute approximate surface area is 193 Å². The van der Waals surface area contributed by atoms with E-state index in [4.69, 9.17) is 4.74 Å². The molecule has 0 spiro atoms. The van der Waals surface area contributed by atoms with Crippen LogP contribution in [0.15, 0.2) is 42.7 Å². The number of nitrogens with one attached hydrogen (secondary N) is 1. The molecule has 0 bridgehead atoms. The Morgan fingerprint density at radius 2 is 1.82 bits per heavy atom. The van der Waals surface area contributed by atoms with E-state index < -0.39 is 21.4 Å². The number of rotatable bonds is 4. The number of H-pyrrole nitrogens is 1. The van der Waals surface area contributed by atoms with E-state index in [1.54, 1.807) is 22.6 Å². The van der Waals surface area contributed by atoms with Gasteiger partial charge in [0.15, 0.2) is 0 Å². The van der Waals surface area contributed by atoms with Crippen LogP contribution in [0.1, 0.15) is 35.4 Å². The van der Waals surface area contributed by atoms with Gasteiger partial charge >= 0.3 is 6.09 Å². The lowest BCUT2D eigenvalue weighted by Gasteiger charge is -2.41. The van der Waals surface area contributed by atoms with E-state index in [-0.39, 0.29) is 13.1 Å². The number of hydrogen-bond acceptors (Lipinski definition) is 5. The Kier molecular flexibility index (Phi) is 5.62. The van der Waals surface area contributed by atoms with Crippen LogP contribution in [0.5, 0.6) is 5.75 Å². The molecule has 2 saturated heterocycles. The topological polar surface area (TPSA) is 95.6 Å². The Morgan fingerprint density at radius 3 is 2.52 bits per heavy atom.